The number of nitrogens with zero attached hydrogens (tertiary/aromatic N) is 2. The largest absolute Gasteiger partial charge is 0.417 e. The van der Waals surface area contributed by atoms with Gasteiger partial charge in [0.05, 0.1) is 6.16 Å². The zero-order chi connectivity index (χ0) is 22.1. The van der Waals surface area contributed by atoms with E-state index in [0.29, 0.717) is 31.3 Å². The smallest absolute Gasteiger partial charge is 0.325 e. The molecule has 0 aliphatic heterocycles. The molecule has 0 radical (unpaired) electrons. The maximum atomic E-state index is 10.8. The minimum Gasteiger partial charge on any atom is -0.417 e. The van der Waals surface area contributed by atoms with Crippen LogP contribution in [0.1, 0.15) is 43.2 Å². The number of benzene rings is 2. The van der Waals surface area contributed by atoms with E-state index in [4.69, 9.17) is 14.2 Å². The van der Waals surface area contributed by atoms with Crippen LogP contribution in [0, 0.1) is 0 Å². The quantitative estimate of drug-likeness (QED) is 0.291. The molecule has 31 heavy (non-hydrogen) atoms. The molecule has 0 saturated heterocycles. The normalized spacial score (nSPS) is 12.3. The van der Waals surface area contributed by atoms with E-state index in [9.17, 15) is 4.57 Å². The second-order valence-corrected chi connectivity index (χ2v) is 9.12. The Morgan fingerprint density at radius 2 is 1.84 bits per heavy atom. The zero-order valence-electron chi connectivity index (χ0n) is 17.6. The number of rotatable bonds is 11. The Hall–Kier alpha value is -2.57. The first-order valence-corrected chi connectivity index (χ1v) is 12.2. The monoisotopic (exact) mass is 441 g/mol. The fourth-order valence-corrected chi connectivity index (χ4v) is 3.76. The SMILES string of the molecule is CCC/C(=C\c1nnc(-c2ccc(CNCCCP(=O)(O)O)cc2)o1)c1ccccc1. The number of allylic oxidation sites excluding steroid dienone is 1. The van der Waals surface area contributed by atoms with Crippen molar-refractivity contribution in [2.75, 3.05) is 12.7 Å². The fourth-order valence-electron chi connectivity index (χ4n) is 3.19. The van der Waals surface area contributed by atoms with Gasteiger partial charge in [0.25, 0.3) is 0 Å². The van der Waals surface area contributed by atoms with Crippen molar-refractivity contribution in [1.29, 1.82) is 0 Å². The lowest BCUT2D eigenvalue weighted by Gasteiger charge is -2.06. The summed E-state index contributed by atoms with van der Waals surface area (Å²) in [5, 5.41) is 11.5. The molecule has 3 rings (SSSR count). The van der Waals surface area contributed by atoms with Crippen LogP contribution in [0.2, 0.25) is 0 Å². The van der Waals surface area contributed by atoms with Crippen molar-refractivity contribution >= 4 is 19.2 Å². The first-order chi connectivity index (χ1) is 14.9. The topological polar surface area (TPSA) is 108 Å². The summed E-state index contributed by atoms with van der Waals surface area (Å²) < 4.78 is 16.7. The Morgan fingerprint density at radius 3 is 2.52 bits per heavy atom. The standard InChI is InChI=1S/C23H28N3O4P/c1-2-7-21(19-8-4-3-5-9-19)16-22-25-26-23(30-22)20-12-10-18(11-13-20)17-24-14-6-15-31(27,28)29/h3-5,8-13,16,24H,2,6-7,14-15,17H2,1H3,(H2,27,28,29)/b21-16+. The maximum absolute atomic E-state index is 10.8. The Labute approximate surface area is 182 Å². The number of aromatic nitrogens is 2. The lowest BCUT2D eigenvalue weighted by atomic mass is 10.0. The van der Waals surface area contributed by atoms with E-state index < -0.39 is 7.60 Å². The molecule has 1 aromatic heterocycles. The van der Waals surface area contributed by atoms with E-state index >= 15 is 0 Å². The first-order valence-electron chi connectivity index (χ1n) is 10.4. The van der Waals surface area contributed by atoms with Crippen LogP contribution < -0.4 is 5.32 Å². The van der Waals surface area contributed by atoms with Gasteiger partial charge in [-0.1, -0.05) is 55.8 Å². The Morgan fingerprint density at radius 1 is 1.10 bits per heavy atom. The Bertz CT molecular complexity index is 1030. The highest BCUT2D eigenvalue weighted by Gasteiger charge is 2.11. The van der Waals surface area contributed by atoms with Gasteiger partial charge in [0.2, 0.25) is 11.8 Å². The van der Waals surface area contributed by atoms with Gasteiger partial charge in [-0.3, -0.25) is 4.57 Å². The van der Waals surface area contributed by atoms with E-state index in [2.05, 4.69) is 34.6 Å². The highest BCUT2D eigenvalue weighted by atomic mass is 31.2. The van der Waals surface area contributed by atoms with Crippen LogP contribution in [0.5, 0.6) is 0 Å². The van der Waals surface area contributed by atoms with Gasteiger partial charge in [0, 0.05) is 18.2 Å². The van der Waals surface area contributed by atoms with Crippen LogP contribution in [-0.2, 0) is 11.1 Å². The van der Waals surface area contributed by atoms with Gasteiger partial charge in [-0.05, 0) is 48.2 Å². The summed E-state index contributed by atoms with van der Waals surface area (Å²) >= 11 is 0. The molecule has 7 nitrogen and oxygen atoms in total. The molecule has 3 aromatic rings. The van der Waals surface area contributed by atoms with Gasteiger partial charge in [-0.25, -0.2) is 0 Å². The molecular formula is C23H28N3O4P. The molecule has 0 aliphatic carbocycles. The molecule has 0 atom stereocenters. The molecule has 0 saturated carbocycles. The van der Waals surface area contributed by atoms with E-state index in [1.54, 1.807) is 0 Å². The van der Waals surface area contributed by atoms with Crippen molar-refractivity contribution in [3.05, 3.63) is 71.6 Å². The van der Waals surface area contributed by atoms with Gasteiger partial charge in [-0.15, -0.1) is 10.2 Å². The maximum Gasteiger partial charge on any atom is 0.325 e. The predicted molar refractivity (Wildman–Crippen MR) is 122 cm³/mol. The summed E-state index contributed by atoms with van der Waals surface area (Å²) in [6.45, 7) is 3.31. The number of hydrogen-bond acceptors (Lipinski definition) is 5. The van der Waals surface area contributed by atoms with Gasteiger partial charge in [0.15, 0.2) is 0 Å². The Balaban J connectivity index is 1.61. The molecule has 0 bridgehead atoms. The Kier molecular flexibility index (Phi) is 8.32. The van der Waals surface area contributed by atoms with E-state index in [1.807, 2.05) is 48.5 Å². The second-order valence-electron chi connectivity index (χ2n) is 7.35. The van der Waals surface area contributed by atoms with Crippen molar-refractivity contribution in [1.82, 2.24) is 15.5 Å². The van der Waals surface area contributed by atoms with E-state index in [0.717, 1.165) is 29.5 Å². The van der Waals surface area contributed by atoms with E-state index in [1.165, 1.54) is 5.57 Å². The van der Waals surface area contributed by atoms with Crippen LogP contribution in [0.25, 0.3) is 23.1 Å². The molecule has 0 amide bonds. The van der Waals surface area contributed by atoms with Crippen molar-refractivity contribution in [2.24, 2.45) is 0 Å². The lowest BCUT2D eigenvalue weighted by molar-refractivity contribution is 0.371. The number of hydrogen-bond donors (Lipinski definition) is 3. The summed E-state index contributed by atoms with van der Waals surface area (Å²) in [5.41, 5.74) is 4.23. The van der Waals surface area contributed by atoms with Crippen molar-refractivity contribution < 1.29 is 18.8 Å². The zero-order valence-corrected chi connectivity index (χ0v) is 18.5. The van der Waals surface area contributed by atoms with Crippen molar-refractivity contribution in [3.8, 4) is 11.5 Å². The van der Waals surface area contributed by atoms with E-state index in [-0.39, 0.29) is 6.16 Å². The first kappa shape index (κ1) is 23.1. The predicted octanol–water partition coefficient (Wildman–Crippen LogP) is 4.73. The molecule has 1 heterocycles. The van der Waals surface area contributed by atoms with Crippen LogP contribution in [0.3, 0.4) is 0 Å². The highest BCUT2D eigenvalue weighted by molar-refractivity contribution is 7.51. The van der Waals surface area contributed by atoms with Gasteiger partial charge in [0.1, 0.15) is 0 Å². The molecule has 0 spiro atoms. The van der Waals surface area contributed by atoms with Crippen LogP contribution in [0.4, 0.5) is 0 Å². The lowest BCUT2D eigenvalue weighted by Crippen LogP contribution is -2.15. The van der Waals surface area contributed by atoms with Gasteiger partial charge >= 0.3 is 7.60 Å². The second kappa shape index (κ2) is 11.2. The highest BCUT2D eigenvalue weighted by Crippen LogP contribution is 2.34. The molecule has 2 aromatic carbocycles. The molecule has 164 valence electrons. The fraction of sp³-hybridized carbons (Fsp3) is 0.304. The summed E-state index contributed by atoms with van der Waals surface area (Å²) in [4.78, 5) is 17.7. The van der Waals surface area contributed by atoms with Gasteiger partial charge < -0.3 is 19.5 Å². The summed E-state index contributed by atoms with van der Waals surface area (Å²) in [6, 6.07) is 18.0. The summed E-state index contributed by atoms with van der Waals surface area (Å²) in [6.07, 6.45) is 4.24. The third-order valence-electron chi connectivity index (χ3n) is 4.74. The van der Waals surface area contributed by atoms with Crippen LogP contribution in [0.15, 0.2) is 59.0 Å². The molecule has 8 heteroatoms. The third-order valence-corrected chi connectivity index (χ3v) is 5.63. The third kappa shape index (κ3) is 7.56. The molecule has 3 N–H and O–H groups in total. The summed E-state index contributed by atoms with van der Waals surface area (Å²) in [7, 11) is -3.91. The molecule has 0 aliphatic rings. The summed E-state index contributed by atoms with van der Waals surface area (Å²) in [5.74, 6) is 0.953. The molecule has 0 fully saturated rings. The minimum absolute atomic E-state index is 0.100. The van der Waals surface area contributed by atoms with Crippen molar-refractivity contribution in [3.63, 3.8) is 0 Å². The average molecular weight is 441 g/mol. The van der Waals surface area contributed by atoms with Gasteiger partial charge in [-0.2, -0.15) is 0 Å². The molecular weight excluding hydrogens is 413 g/mol. The van der Waals surface area contributed by atoms with Crippen LogP contribution in [-0.4, -0.2) is 32.7 Å². The number of nitrogens with one attached hydrogen (secondary N) is 1. The molecule has 0 unspecified atom stereocenters. The average Bonchev–Trinajstić information content (AvgIpc) is 3.22. The van der Waals surface area contributed by atoms with Crippen molar-refractivity contribution in [2.45, 2.75) is 32.7 Å². The minimum atomic E-state index is -3.91. The van der Waals surface area contributed by atoms with Crippen LogP contribution >= 0.6 is 7.60 Å².